The van der Waals surface area contributed by atoms with E-state index in [1.165, 1.54) is 50.6 Å². The normalized spacial score (nSPS) is 11.3. The van der Waals surface area contributed by atoms with E-state index in [0.29, 0.717) is 5.56 Å². The Labute approximate surface area is 159 Å². The highest BCUT2D eigenvalue weighted by Crippen LogP contribution is 2.31. The predicted molar refractivity (Wildman–Crippen MR) is 94.8 cm³/mol. The highest BCUT2D eigenvalue weighted by Gasteiger charge is 2.30. The lowest BCUT2D eigenvalue weighted by molar-refractivity contribution is -0.138. The van der Waals surface area contributed by atoms with E-state index in [2.05, 4.69) is 4.74 Å². The molecule has 0 unspecified atom stereocenters. The Morgan fingerprint density at radius 2 is 1.79 bits per heavy atom. The summed E-state index contributed by atoms with van der Waals surface area (Å²) < 4.78 is 53.1. The van der Waals surface area contributed by atoms with E-state index in [4.69, 9.17) is 9.47 Å². The molecule has 0 spiro atoms. The van der Waals surface area contributed by atoms with Crippen molar-refractivity contribution in [1.82, 2.24) is 0 Å². The van der Waals surface area contributed by atoms with Crippen molar-refractivity contribution < 1.29 is 37.0 Å². The van der Waals surface area contributed by atoms with Gasteiger partial charge in [-0.1, -0.05) is 24.3 Å². The number of hydrogen-bond acceptors (Lipinski definition) is 5. The molecule has 8 heteroatoms. The van der Waals surface area contributed by atoms with E-state index in [1.54, 1.807) is 6.07 Å². The number of benzene rings is 2. The third kappa shape index (κ3) is 5.87. The van der Waals surface area contributed by atoms with Crippen LogP contribution in [0.4, 0.5) is 13.2 Å². The summed E-state index contributed by atoms with van der Waals surface area (Å²) in [6, 6.07) is 9.04. The average Bonchev–Trinajstić information content (AvgIpc) is 2.66. The summed E-state index contributed by atoms with van der Waals surface area (Å²) >= 11 is 0. The van der Waals surface area contributed by atoms with E-state index in [1.807, 2.05) is 0 Å². The van der Waals surface area contributed by atoms with Gasteiger partial charge in [0.25, 0.3) is 0 Å². The fourth-order valence-electron chi connectivity index (χ4n) is 2.29. The molecule has 0 aromatic heterocycles. The number of carbonyl (C=O) groups is 2. The Balaban J connectivity index is 2.11. The molecule has 2 rings (SSSR count). The van der Waals surface area contributed by atoms with Crippen molar-refractivity contribution in [1.29, 1.82) is 0 Å². The molecule has 2 aromatic carbocycles. The SMILES string of the molecule is COC(=O)/C=C/c1ccc(OC(=O)Cc2cccc(C(F)(F)F)c2)c(OC)c1. The van der Waals surface area contributed by atoms with Crippen molar-refractivity contribution in [3.05, 3.63) is 65.2 Å². The first-order valence-electron chi connectivity index (χ1n) is 8.04. The van der Waals surface area contributed by atoms with Crippen molar-refractivity contribution >= 4 is 18.0 Å². The van der Waals surface area contributed by atoms with Gasteiger partial charge in [0, 0.05) is 6.08 Å². The van der Waals surface area contributed by atoms with Gasteiger partial charge in [-0.25, -0.2) is 4.79 Å². The number of carbonyl (C=O) groups excluding carboxylic acids is 2. The van der Waals surface area contributed by atoms with Crippen LogP contribution in [-0.4, -0.2) is 26.2 Å². The van der Waals surface area contributed by atoms with Crippen molar-refractivity contribution in [2.45, 2.75) is 12.6 Å². The lowest BCUT2D eigenvalue weighted by atomic mass is 10.1. The van der Waals surface area contributed by atoms with Gasteiger partial charge >= 0.3 is 18.1 Å². The van der Waals surface area contributed by atoms with Crippen LogP contribution in [0, 0.1) is 0 Å². The highest BCUT2D eigenvalue weighted by molar-refractivity contribution is 5.87. The summed E-state index contributed by atoms with van der Waals surface area (Å²) in [4.78, 5) is 23.2. The largest absolute Gasteiger partial charge is 0.493 e. The molecule has 148 valence electrons. The zero-order valence-corrected chi connectivity index (χ0v) is 15.1. The van der Waals surface area contributed by atoms with Crippen molar-refractivity contribution in [3.8, 4) is 11.5 Å². The molecule has 0 aliphatic carbocycles. The van der Waals surface area contributed by atoms with Crippen LogP contribution in [0.25, 0.3) is 6.08 Å². The molecule has 0 amide bonds. The van der Waals surface area contributed by atoms with Gasteiger partial charge in [0.15, 0.2) is 11.5 Å². The highest BCUT2D eigenvalue weighted by atomic mass is 19.4. The molecule has 0 saturated heterocycles. The van der Waals surface area contributed by atoms with E-state index < -0.39 is 23.7 Å². The van der Waals surface area contributed by atoms with E-state index in [0.717, 1.165) is 12.1 Å². The van der Waals surface area contributed by atoms with E-state index in [9.17, 15) is 22.8 Å². The molecule has 0 atom stereocenters. The Kier molecular flexibility index (Phi) is 6.81. The van der Waals surface area contributed by atoms with Gasteiger partial charge in [0.1, 0.15) is 0 Å². The van der Waals surface area contributed by atoms with Gasteiger partial charge in [0.2, 0.25) is 0 Å². The van der Waals surface area contributed by atoms with Crippen LogP contribution >= 0.6 is 0 Å². The molecule has 28 heavy (non-hydrogen) atoms. The molecule has 0 heterocycles. The van der Waals surface area contributed by atoms with Crippen LogP contribution in [0.2, 0.25) is 0 Å². The Morgan fingerprint density at radius 1 is 1.04 bits per heavy atom. The average molecular weight is 394 g/mol. The molecule has 0 bridgehead atoms. The molecule has 0 radical (unpaired) electrons. The second-order valence-electron chi connectivity index (χ2n) is 5.62. The Bertz CT molecular complexity index is 888. The number of halogens is 3. The van der Waals surface area contributed by atoms with Crippen LogP contribution in [-0.2, 0) is 26.9 Å². The number of rotatable bonds is 6. The number of methoxy groups -OCH3 is 2. The summed E-state index contributed by atoms with van der Waals surface area (Å²) in [5.74, 6) is -0.940. The van der Waals surface area contributed by atoms with Gasteiger partial charge in [-0.2, -0.15) is 13.2 Å². The van der Waals surface area contributed by atoms with Gasteiger partial charge < -0.3 is 14.2 Å². The second-order valence-corrected chi connectivity index (χ2v) is 5.62. The maximum atomic E-state index is 12.8. The zero-order chi connectivity index (χ0) is 20.7. The zero-order valence-electron chi connectivity index (χ0n) is 15.1. The van der Waals surface area contributed by atoms with E-state index in [-0.39, 0.29) is 23.5 Å². The number of hydrogen-bond donors (Lipinski definition) is 0. The lowest BCUT2D eigenvalue weighted by Crippen LogP contribution is -2.13. The minimum Gasteiger partial charge on any atom is -0.493 e. The smallest absolute Gasteiger partial charge is 0.416 e. The van der Waals surface area contributed by atoms with Crippen molar-refractivity contribution in [3.63, 3.8) is 0 Å². The first kappa shape index (κ1) is 21.0. The van der Waals surface area contributed by atoms with Crippen molar-refractivity contribution in [2.75, 3.05) is 14.2 Å². The molecule has 0 aliphatic rings. The van der Waals surface area contributed by atoms with Gasteiger partial charge in [0.05, 0.1) is 26.2 Å². The van der Waals surface area contributed by atoms with Crippen LogP contribution in [0.5, 0.6) is 11.5 Å². The topological polar surface area (TPSA) is 61.8 Å². The molecule has 0 aliphatic heterocycles. The molecule has 2 aromatic rings. The maximum absolute atomic E-state index is 12.8. The third-order valence-corrected chi connectivity index (χ3v) is 3.63. The van der Waals surface area contributed by atoms with Crippen LogP contribution < -0.4 is 9.47 Å². The monoisotopic (exact) mass is 394 g/mol. The van der Waals surface area contributed by atoms with E-state index >= 15 is 0 Å². The fraction of sp³-hybridized carbons (Fsp3) is 0.200. The van der Waals surface area contributed by atoms with Crippen molar-refractivity contribution in [2.24, 2.45) is 0 Å². The lowest BCUT2D eigenvalue weighted by Gasteiger charge is -2.11. The Hall–Kier alpha value is -3.29. The second kappa shape index (κ2) is 9.07. The summed E-state index contributed by atoms with van der Waals surface area (Å²) in [5.41, 5.74) is -0.0616. The molecule has 0 N–H and O–H groups in total. The summed E-state index contributed by atoms with van der Waals surface area (Å²) in [6.45, 7) is 0. The molecular formula is C20H17F3O5. The van der Waals surface area contributed by atoms with Gasteiger partial charge in [-0.05, 0) is 35.4 Å². The molecule has 5 nitrogen and oxygen atoms in total. The van der Waals surface area contributed by atoms with Gasteiger partial charge in [-0.15, -0.1) is 0 Å². The molecule has 0 fully saturated rings. The first-order chi connectivity index (χ1) is 13.2. The minimum atomic E-state index is -4.49. The standard InChI is InChI=1S/C20H17F3O5/c1-26-17-11-13(7-9-18(24)27-2)6-8-16(17)28-19(25)12-14-4-3-5-15(10-14)20(21,22)23/h3-11H,12H2,1-2H3/b9-7+. The predicted octanol–water partition coefficient (Wildman–Crippen LogP) is 4.05. The van der Waals surface area contributed by atoms with Gasteiger partial charge in [-0.3, -0.25) is 4.79 Å². The molecular weight excluding hydrogens is 377 g/mol. The fourth-order valence-corrected chi connectivity index (χ4v) is 2.29. The van der Waals surface area contributed by atoms with Crippen LogP contribution in [0.1, 0.15) is 16.7 Å². The first-order valence-corrected chi connectivity index (χ1v) is 8.04. The third-order valence-electron chi connectivity index (χ3n) is 3.63. The number of alkyl halides is 3. The van der Waals surface area contributed by atoms with Crippen LogP contribution in [0.15, 0.2) is 48.5 Å². The molecule has 0 saturated carbocycles. The quantitative estimate of drug-likeness (QED) is 0.420. The minimum absolute atomic E-state index is 0.106. The summed E-state index contributed by atoms with van der Waals surface area (Å²) in [6.07, 6.45) is -2.12. The van der Waals surface area contributed by atoms with Crippen LogP contribution in [0.3, 0.4) is 0 Å². The number of esters is 2. The summed E-state index contributed by atoms with van der Waals surface area (Å²) in [7, 11) is 2.62. The maximum Gasteiger partial charge on any atom is 0.416 e. The summed E-state index contributed by atoms with van der Waals surface area (Å²) in [5, 5.41) is 0. The Morgan fingerprint density at radius 3 is 2.43 bits per heavy atom. The number of ether oxygens (including phenoxy) is 3.